The molecule has 3 aromatic rings. The predicted octanol–water partition coefficient (Wildman–Crippen LogP) is 6.86. The summed E-state index contributed by atoms with van der Waals surface area (Å²) in [5.74, 6) is -2.01. The Balaban J connectivity index is 1.38. The Morgan fingerprint density at radius 2 is 1.54 bits per heavy atom. The van der Waals surface area contributed by atoms with Crippen LogP contribution in [0.4, 0.5) is 8.78 Å². The summed E-state index contributed by atoms with van der Waals surface area (Å²) in [6.07, 6.45) is 4.36. The minimum Gasteiger partial charge on any atom is -0.440 e. The van der Waals surface area contributed by atoms with E-state index in [2.05, 4.69) is 5.32 Å². The third-order valence-corrected chi connectivity index (χ3v) is 7.40. The molecular weight excluding hydrogens is 495 g/mol. The summed E-state index contributed by atoms with van der Waals surface area (Å²) in [6.45, 7) is 0. The number of halogens is 4. The second-order valence-corrected chi connectivity index (χ2v) is 10.2. The van der Waals surface area contributed by atoms with E-state index in [1.165, 1.54) is 36.4 Å². The van der Waals surface area contributed by atoms with E-state index >= 15 is 4.39 Å². The lowest BCUT2D eigenvalue weighted by molar-refractivity contribution is -0.0459. The lowest BCUT2D eigenvalue weighted by Crippen LogP contribution is -2.38. The maximum Gasteiger partial charge on any atom is 0.307 e. The smallest absolute Gasteiger partial charge is 0.307 e. The number of amides is 1. The molecule has 1 N–H and O–H groups in total. The van der Waals surface area contributed by atoms with Crippen LogP contribution in [0.1, 0.15) is 47.2 Å². The fourth-order valence-electron chi connectivity index (χ4n) is 4.77. The topological polar surface area (TPSA) is 47.6 Å². The lowest BCUT2D eigenvalue weighted by atomic mass is 9.97. The Labute approximate surface area is 211 Å². The third kappa shape index (κ3) is 4.13. The van der Waals surface area contributed by atoms with Crippen LogP contribution in [0.5, 0.6) is 11.5 Å². The first-order valence-corrected chi connectivity index (χ1v) is 12.3. The van der Waals surface area contributed by atoms with Crippen LogP contribution in [0.3, 0.4) is 0 Å². The normalized spacial score (nSPS) is 20.8. The molecule has 4 nitrogen and oxygen atoms in total. The van der Waals surface area contributed by atoms with E-state index < -0.39 is 23.3 Å². The third-order valence-electron chi connectivity index (χ3n) is 6.85. The largest absolute Gasteiger partial charge is 0.440 e. The van der Waals surface area contributed by atoms with Crippen molar-refractivity contribution in [1.82, 2.24) is 5.32 Å². The first-order chi connectivity index (χ1) is 16.8. The quantitative estimate of drug-likeness (QED) is 0.389. The summed E-state index contributed by atoms with van der Waals surface area (Å²) >= 11 is 12.6. The minimum absolute atomic E-state index is 0.0819. The van der Waals surface area contributed by atoms with Gasteiger partial charge >= 0.3 is 5.79 Å². The fourth-order valence-corrected chi connectivity index (χ4v) is 5.30. The van der Waals surface area contributed by atoms with E-state index in [0.717, 1.165) is 31.7 Å². The number of ether oxygens (including phenoxy) is 2. The summed E-state index contributed by atoms with van der Waals surface area (Å²) in [4.78, 5) is 13.0. The van der Waals surface area contributed by atoms with E-state index in [-0.39, 0.29) is 28.1 Å². The van der Waals surface area contributed by atoms with Crippen LogP contribution in [0, 0.1) is 23.5 Å². The first kappa shape index (κ1) is 22.6. The zero-order valence-corrected chi connectivity index (χ0v) is 20.0. The highest BCUT2D eigenvalue weighted by Gasteiger charge is 2.48. The van der Waals surface area contributed by atoms with E-state index in [9.17, 15) is 9.18 Å². The molecule has 3 aromatic carbocycles. The van der Waals surface area contributed by atoms with Gasteiger partial charge in [0, 0.05) is 22.7 Å². The number of carbonyl (C=O) groups is 1. The molecule has 1 aliphatic heterocycles. The van der Waals surface area contributed by atoms with Crippen molar-refractivity contribution in [1.29, 1.82) is 0 Å². The molecule has 3 aliphatic rings. The van der Waals surface area contributed by atoms with Crippen LogP contribution in [0.25, 0.3) is 0 Å². The van der Waals surface area contributed by atoms with Crippen molar-refractivity contribution in [3.8, 4) is 11.5 Å². The van der Waals surface area contributed by atoms with Gasteiger partial charge in [0.1, 0.15) is 11.6 Å². The lowest BCUT2D eigenvalue weighted by Gasteiger charge is -2.29. The maximum atomic E-state index is 15.1. The summed E-state index contributed by atoms with van der Waals surface area (Å²) in [6, 6.07) is 12.9. The van der Waals surface area contributed by atoms with Crippen molar-refractivity contribution in [3.63, 3.8) is 0 Å². The van der Waals surface area contributed by atoms with Gasteiger partial charge in [-0.2, -0.15) is 0 Å². The van der Waals surface area contributed by atoms with Crippen molar-refractivity contribution in [2.45, 2.75) is 37.5 Å². The number of rotatable bonds is 6. The van der Waals surface area contributed by atoms with Crippen LogP contribution in [-0.2, 0) is 5.79 Å². The molecule has 6 rings (SSSR count). The molecule has 0 radical (unpaired) electrons. The Bertz CT molecular complexity index is 1310. The monoisotopic (exact) mass is 515 g/mol. The zero-order valence-electron chi connectivity index (χ0n) is 18.5. The average molecular weight is 516 g/mol. The van der Waals surface area contributed by atoms with Gasteiger partial charge in [-0.15, -0.1) is 0 Å². The van der Waals surface area contributed by atoms with Crippen molar-refractivity contribution in [2.24, 2.45) is 11.8 Å². The molecular formula is C27H21Cl2F2NO3. The van der Waals surface area contributed by atoms with Gasteiger partial charge in [-0.25, -0.2) is 8.78 Å². The van der Waals surface area contributed by atoms with Gasteiger partial charge in [0.05, 0.1) is 16.1 Å². The van der Waals surface area contributed by atoms with Crippen molar-refractivity contribution >= 4 is 29.1 Å². The zero-order chi connectivity index (χ0) is 24.3. The molecule has 2 fully saturated rings. The summed E-state index contributed by atoms with van der Waals surface area (Å²) in [5.41, 5.74) is 0.726. The van der Waals surface area contributed by atoms with Crippen molar-refractivity contribution in [3.05, 3.63) is 93.0 Å². The summed E-state index contributed by atoms with van der Waals surface area (Å²) < 4.78 is 41.3. The minimum atomic E-state index is -1.62. The molecule has 1 unspecified atom stereocenters. The number of hydrogen-bond acceptors (Lipinski definition) is 3. The van der Waals surface area contributed by atoms with Gasteiger partial charge in [-0.3, -0.25) is 4.79 Å². The molecule has 0 spiro atoms. The molecule has 0 aromatic heterocycles. The molecule has 8 heteroatoms. The Morgan fingerprint density at radius 3 is 2.14 bits per heavy atom. The van der Waals surface area contributed by atoms with E-state index in [1.807, 2.05) is 0 Å². The standard InChI is InChI=1S/C27H21Cl2F2NO3/c28-17-7-10-20(21(29)11-17)27(16-5-8-18(30)9-6-16)34-23-12-19(22(31)13-24(23)35-27)26(33)32-25(14-1-2-14)15-3-4-15/h5-15,25H,1-4H2,(H,32,33). The van der Waals surface area contributed by atoms with Crippen LogP contribution in [0.2, 0.25) is 10.0 Å². The highest BCUT2D eigenvalue weighted by atomic mass is 35.5. The molecule has 0 bridgehead atoms. The second-order valence-electron chi connectivity index (χ2n) is 9.40. The van der Waals surface area contributed by atoms with Gasteiger partial charge in [0.15, 0.2) is 11.5 Å². The molecule has 2 saturated carbocycles. The number of nitrogens with one attached hydrogen (secondary N) is 1. The molecule has 1 heterocycles. The molecule has 0 saturated heterocycles. The summed E-state index contributed by atoms with van der Waals surface area (Å²) in [5, 5.41) is 3.71. The van der Waals surface area contributed by atoms with Gasteiger partial charge in [0.25, 0.3) is 5.91 Å². The molecule has 1 atom stereocenters. The Morgan fingerprint density at radius 1 is 0.914 bits per heavy atom. The Kier molecular flexibility index (Phi) is 5.42. The highest BCUT2D eigenvalue weighted by molar-refractivity contribution is 6.35. The van der Waals surface area contributed by atoms with Gasteiger partial charge in [0.2, 0.25) is 0 Å². The van der Waals surface area contributed by atoms with E-state index in [0.29, 0.717) is 28.0 Å². The highest BCUT2D eigenvalue weighted by Crippen LogP contribution is 2.50. The molecule has 1 amide bonds. The van der Waals surface area contributed by atoms with Crippen LogP contribution >= 0.6 is 23.2 Å². The SMILES string of the molecule is O=C(NC(C1CC1)C1CC1)c1cc2c(cc1F)OC(c1ccc(F)cc1)(c1ccc(Cl)cc1Cl)O2. The molecule has 2 aliphatic carbocycles. The van der Waals surface area contributed by atoms with Crippen LogP contribution in [-0.4, -0.2) is 11.9 Å². The number of fused-ring (bicyclic) bond motifs is 1. The van der Waals surface area contributed by atoms with Gasteiger partial charge < -0.3 is 14.8 Å². The van der Waals surface area contributed by atoms with Gasteiger partial charge in [-0.1, -0.05) is 23.2 Å². The first-order valence-electron chi connectivity index (χ1n) is 11.6. The number of hydrogen-bond donors (Lipinski definition) is 1. The van der Waals surface area contributed by atoms with Crippen LogP contribution < -0.4 is 14.8 Å². The van der Waals surface area contributed by atoms with E-state index in [4.69, 9.17) is 32.7 Å². The maximum absolute atomic E-state index is 15.1. The number of carbonyl (C=O) groups excluding carboxylic acids is 1. The molecule has 35 heavy (non-hydrogen) atoms. The molecule has 180 valence electrons. The van der Waals surface area contributed by atoms with Crippen molar-refractivity contribution in [2.75, 3.05) is 0 Å². The van der Waals surface area contributed by atoms with Gasteiger partial charge in [-0.05, 0) is 86.1 Å². The predicted molar refractivity (Wildman–Crippen MR) is 128 cm³/mol. The second kappa shape index (κ2) is 8.38. The van der Waals surface area contributed by atoms with Crippen LogP contribution in [0.15, 0.2) is 54.6 Å². The Hall–Kier alpha value is -2.83. The van der Waals surface area contributed by atoms with Crippen molar-refractivity contribution < 1.29 is 23.0 Å². The fraction of sp³-hybridized carbons (Fsp3) is 0.296. The number of benzene rings is 3. The average Bonchev–Trinajstić information content (AvgIpc) is 3.75. The van der Waals surface area contributed by atoms with E-state index in [1.54, 1.807) is 12.1 Å². The summed E-state index contributed by atoms with van der Waals surface area (Å²) in [7, 11) is 0.